The van der Waals surface area contributed by atoms with Crippen molar-refractivity contribution < 1.29 is 9.18 Å². The molecule has 1 aliphatic heterocycles. The maximum atomic E-state index is 13.6. The van der Waals surface area contributed by atoms with E-state index in [0.717, 1.165) is 45.3 Å². The number of hydrogen-bond acceptors (Lipinski definition) is 2. The third-order valence-electron chi connectivity index (χ3n) is 4.33. The van der Waals surface area contributed by atoms with E-state index >= 15 is 0 Å². The number of amides is 1. The van der Waals surface area contributed by atoms with Crippen molar-refractivity contribution in [2.75, 3.05) is 19.6 Å². The summed E-state index contributed by atoms with van der Waals surface area (Å²) in [5, 5.41) is 3.40. The first-order valence-corrected chi connectivity index (χ1v) is 7.99. The smallest absolute Gasteiger partial charge is 0.254 e. The fourth-order valence-electron chi connectivity index (χ4n) is 2.92. The molecule has 5 heteroatoms. The van der Waals surface area contributed by atoms with Gasteiger partial charge in [-0.2, -0.15) is 0 Å². The minimum atomic E-state index is -0.528. The number of hydrogen-bond donors (Lipinski definition) is 1. The highest BCUT2D eigenvalue weighted by molar-refractivity contribution is 6.30. The largest absolute Gasteiger partial charge is 0.335 e. The average molecular weight is 311 g/mol. The Labute approximate surface area is 129 Å². The second-order valence-electron chi connectivity index (χ2n) is 6.01. The SMILES string of the molecule is O=C(c1ccc(Cl)c(F)c1)N(CC1CCNCC1)C1CC1. The zero-order chi connectivity index (χ0) is 14.8. The highest BCUT2D eigenvalue weighted by Gasteiger charge is 2.34. The molecule has 1 aromatic rings. The van der Waals surface area contributed by atoms with Crippen LogP contribution in [0.3, 0.4) is 0 Å². The third kappa shape index (κ3) is 3.55. The number of nitrogens with zero attached hydrogens (tertiary/aromatic N) is 1. The van der Waals surface area contributed by atoms with Gasteiger partial charge in [-0.15, -0.1) is 0 Å². The van der Waals surface area contributed by atoms with E-state index in [4.69, 9.17) is 11.6 Å². The molecule has 1 amide bonds. The molecule has 2 aliphatic rings. The zero-order valence-electron chi connectivity index (χ0n) is 11.9. The summed E-state index contributed by atoms with van der Waals surface area (Å²) in [5.74, 6) is -0.0420. The van der Waals surface area contributed by atoms with Crippen LogP contribution in [0.15, 0.2) is 18.2 Å². The summed E-state index contributed by atoms with van der Waals surface area (Å²) < 4.78 is 13.6. The molecule has 1 heterocycles. The van der Waals surface area contributed by atoms with Crippen LogP contribution < -0.4 is 5.32 Å². The van der Waals surface area contributed by atoms with Gasteiger partial charge in [-0.3, -0.25) is 4.79 Å². The molecule has 0 unspecified atom stereocenters. The summed E-state index contributed by atoms with van der Waals surface area (Å²) >= 11 is 5.69. The van der Waals surface area contributed by atoms with Crippen molar-refractivity contribution in [3.05, 3.63) is 34.6 Å². The molecule has 1 saturated heterocycles. The molecule has 1 aromatic carbocycles. The van der Waals surface area contributed by atoms with E-state index in [1.54, 1.807) is 6.07 Å². The summed E-state index contributed by atoms with van der Waals surface area (Å²) in [6.45, 7) is 2.83. The lowest BCUT2D eigenvalue weighted by Crippen LogP contribution is -2.40. The molecule has 0 spiro atoms. The van der Waals surface area contributed by atoms with Gasteiger partial charge in [0.15, 0.2) is 0 Å². The molecule has 1 aliphatic carbocycles. The Balaban J connectivity index is 1.73. The molecule has 3 nitrogen and oxygen atoms in total. The van der Waals surface area contributed by atoms with Crippen molar-refractivity contribution in [1.82, 2.24) is 10.2 Å². The van der Waals surface area contributed by atoms with E-state index in [2.05, 4.69) is 5.32 Å². The van der Waals surface area contributed by atoms with Gasteiger partial charge in [-0.25, -0.2) is 4.39 Å². The van der Waals surface area contributed by atoms with Crippen LogP contribution in [0.1, 0.15) is 36.0 Å². The quantitative estimate of drug-likeness (QED) is 0.927. The summed E-state index contributed by atoms with van der Waals surface area (Å²) in [6.07, 6.45) is 4.33. The van der Waals surface area contributed by atoms with E-state index in [9.17, 15) is 9.18 Å². The van der Waals surface area contributed by atoms with Crippen LogP contribution in [0.2, 0.25) is 5.02 Å². The number of carbonyl (C=O) groups is 1. The van der Waals surface area contributed by atoms with E-state index in [1.807, 2.05) is 4.90 Å². The summed E-state index contributed by atoms with van der Waals surface area (Å²) in [5.41, 5.74) is 0.401. The van der Waals surface area contributed by atoms with Crippen molar-refractivity contribution in [2.45, 2.75) is 31.7 Å². The number of benzene rings is 1. The Morgan fingerprint density at radius 2 is 2.00 bits per heavy atom. The second kappa shape index (κ2) is 6.32. The van der Waals surface area contributed by atoms with E-state index < -0.39 is 5.82 Å². The van der Waals surface area contributed by atoms with E-state index in [1.165, 1.54) is 12.1 Å². The standard InChI is InChI=1S/C16H20ClFN2O/c17-14-4-1-12(9-15(14)18)16(21)20(13-2-3-13)10-11-5-7-19-8-6-11/h1,4,9,11,13,19H,2-3,5-8,10H2. The number of piperidine rings is 1. The number of halogens is 2. The molecule has 0 bridgehead atoms. The first kappa shape index (κ1) is 14.8. The maximum Gasteiger partial charge on any atom is 0.254 e. The van der Waals surface area contributed by atoms with Gasteiger partial charge >= 0.3 is 0 Å². The molecule has 114 valence electrons. The molecule has 3 rings (SSSR count). The normalized spacial score (nSPS) is 19.5. The Morgan fingerprint density at radius 1 is 1.29 bits per heavy atom. The van der Waals surface area contributed by atoms with Crippen molar-refractivity contribution in [3.63, 3.8) is 0 Å². The Bertz CT molecular complexity index is 527. The van der Waals surface area contributed by atoms with Crippen LogP contribution in [0, 0.1) is 11.7 Å². The van der Waals surface area contributed by atoms with Crippen molar-refractivity contribution in [2.24, 2.45) is 5.92 Å². The molecule has 21 heavy (non-hydrogen) atoms. The van der Waals surface area contributed by atoms with Crippen LogP contribution in [-0.4, -0.2) is 36.5 Å². The lowest BCUT2D eigenvalue weighted by atomic mass is 9.97. The Hall–Kier alpha value is -1.13. The first-order chi connectivity index (χ1) is 10.1. The van der Waals surface area contributed by atoms with Crippen LogP contribution in [0.25, 0.3) is 0 Å². The van der Waals surface area contributed by atoms with E-state index in [-0.39, 0.29) is 10.9 Å². The van der Waals surface area contributed by atoms with Crippen LogP contribution in [0.4, 0.5) is 4.39 Å². The molecule has 1 N–H and O–H groups in total. The highest BCUT2D eigenvalue weighted by atomic mass is 35.5. The summed E-state index contributed by atoms with van der Waals surface area (Å²) in [7, 11) is 0. The van der Waals surface area contributed by atoms with Crippen molar-refractivity contribution in [3.8, 4) is 0 Å². The molecule has 0 radical (unpaired) electrons. The lowest BCUT2D eigenvalue weighted by molar-refractivity contribution is 0.0701. The van der Waals surface area contributed by atoms with Crippen LogP contribution in [-0.2, 0) is 0 Å². The van der Waals surface area contributed by atoms with E-state index in [0.29, 0.717) is 17.5 Å². The number of carbonyl (C=O) groups excluding carboxylic acids is 1. The predicted molar refractivity (Wildman–Crippen MR) is 81.1 cm³/mol. The highest BCUT2D eigenvalue weighted by Crippen LogP contribution is 2.30. The minimum absolute atomic E-state index is 0.0582. The topological polar surface area (TPSA) is 32.3 Å². The van der Waals surface area contributed by atoms with Gasteiger partial charge in [-0.05, 0) is 62.9 Å². The monoisotopic (exact) mass is 310 g/mol. The van der Waals surface area contributed by atoms with Gasteiger partial charge in [0.05, 0.1) is 5.02 Å². The molecule has 0 aromatic heterocycles. The molecule has 1 saturated carbocycles. The molecular formula is C16H20ClFN2O. The molecule has 0 atom stereocenters. The number of rotatable bonds is 4. The first-order valence-electron chi connectivity index (χ1n) is 7.62. The van der Waals surface area contributed by atoms with Gasteiger partial charge in [0.2, 0.25) is 0 Å². The fourth-order valence-corrected chi connectivity index (χ4v) is 3.04. The average Bonchev–Trinajstić information content (AvgIpc) is 3.33. The van der Waals surface area contributed by atoms with Crippen LogP contribution >= 0.6 is 11.6 Å². The van der Waals surface area contributed by atoms with Gasteiger partial charge in [0, 0.05) is 18.2 Å². The Morgan fingerprint density at radius 3 is 2.62 bits per heavy atom. The third-order valence-corrected chi connectivity index (χ3v) is 4.64. The van der Waals surface area contributed by atoms with Gasteiger partial charge < -0.3 is 10.2 Å². The summed E-state index contributed by atoms with van der Waals surface area (Å²) in [6, 6.07) is 4.67. The second-order valence-corrected chi connectivity index (χ2v) is 6.42. The van der Waals surface area contributed by atoms with Crippen molar-refractivity contribution >= 4 is 17.5 Å². The van der Waals surface area contributed by atoms with Crippen LogP contribution in [0.5, 0.6) is 0 Å². The fraction of sp³-hybridized carbons (Fsp3) is 0.562. The van der Waals surface area contributed by atoms with Gasteiger partial charge in [0.25, 0.3) is 5.91 Å². The van der Waals surface area contributed by atoms with Crippen molar-refractivity contribution in [1.29, 1.82) is 0 Å². The summed E-state index contributed by atoms with van der Waals surface area (Å²) in [4.78, 5) is 14.6. The zero-order valence-corrected chi connectivity index (χ0v) is 12.7. The number of nitrogens with one attached hydrogen (secondary N) is 1. The Kier molecular flexibility index (Phi) is 4.45. The minimum Gasteiger partial charge on any atom is -0.335 e. The maximum absolute atomic E-state index is 13.6. The van der Waals surface area contributed by atoms with Gasteiger partial charge in [-0.1, -0.05) is 11.6 Å². The molecule has 2 fully saturated rings. The predicted octanol–water partition coefficient (Wildman–Crippen LogP) is 3.08. The molecular weight excluding hydrogens is 291 g/mol. The van der Waals surface area contributed by atoms with Gasteiger partial charge in [0.1, 0.15) is 5.82 Å². The lowest BCUT2D eigenvalue weighted by Gasteiger charge is -2.30.